The number of hydrogen-bond donors (Lipinski definition) is 1. The maximum absolute atomic E-state index is 5.97. The molecule has 0 spiro atoms. The van der Waals surface area contributed by atoms with E-state index >= 15 is 0 Å². The molecule has 0 aliphatic heterocycles. The Morgan fingerprint density at radius 1 is 1.18 bits per heavy atom. The highest BCUT2D eigenvalue weighted by molar-refractivity contribution is 6.31. The number of benzene rings is 1. The number of nitrogens with one attached hydrogen (secondary N) is 1. The second-order valence-corrected chi connectivity index (χ2v) is 5.13. The summed E-state index contributed by atoms with van der Waals surface area (Å²) in [5.41, 5.74) is 2.05. The van der Waals surface area contributed by atoms with E-state index in [0.29, 0.717) is 12.0 Å². The lowest BCUT2D eigenvalue weighted by atomic mass is 10.1. The molecule has 1 atom stereocenters. The molecule has 0 bridgehead atoms. The Morgan fingerprint density at radius 2 is 1.94 bits per heavy atom. The Morgan fingerprint density at radius 3 is 2.65 bits per heavy atom. The van der Waals surface area contributed by atoms with E-state index in [0.717, 1.165) is 21.6 Å². The lowest BCUT2D eigenvalue weighted by Gasteiger charge is -2.19. The van der Waals surface area contributed by atoms with Gasteiger partial charge in [-0.3, -0.25) is 4.98 Å². The third kappa shape index (κ3) is 2.70. The van der Waals surface area contributed by atoms with Crippen molar-refractivity contribution in [3.05, 3.63) is 35.5 Å². The first-order valence-electron chi connectivity index (χ1n) is 5.88. The van der Waals surface area contributed by atoms with Gasteiger partial charge in [-0.2, -0.15) is 0 Å². The topological polar surface area (TPSA) is 24.9 Å². The van der Waals surface area contributed by atoms with Crippen molar-refractivity contribution in [3.8, 4) is 0 Å². The van der Waals surface area contributed by atoms with Crippen molar-refractivity contribution in [3.63, 3.8) is 0 Å². The van der Waals surface area contributed by atoms with Gasteiger partial charge >= 0.3 is 0 Å². The lowest BCUT2D eigenvalue weighted by Crippen LogP contribution is -2.21. The van der Waals surface area contributed by atoms with E-state index in [-0.39, 0.29) is 0 Å². The van der Waals surface area contributed by atoms with Crippen molar-refractivity contribution in [2.24, 2.45) is 5.92 Å². The summed E-state index contributed by atoms with van der Waals surface area (Å²) in [4.78, 5) is 4.33. The largest absolute Gasteiger partial charge is 0.382 e. The molecule has 0 radical (unpaired) electrons. The van der Waals surface area contributed by atoms with E-state index in [1.54, 1.807) is 0 Å². The summed E-state index contributed by atoms with van der Waals surface area (Å²) in [5, 5.41) is 5.36. The van der Waals surface area contributed by atoms with Gasteiger partial charge in [0.1, 0.15) is 0 Å². The Balaban J connectivity index is 2.41. The van der Waals surface area contributed by atoms with Crippen LogP contribution < -0.4 is 5.32 Å². The zero-order chi connectivity index (χ0) is 12.4. The molecule has 0 amide bonds. The predicted molar refractivity (Wildman–Crippen MR) is 74.7 cm³/mol. The molecule has 0 aliphatic carbocycles. The van der Waals surface area contributed by atoms with Gasteiger partial charge < -0.3 is 5.32 Å². The maximum atomic E-state index is 5.97. The average Bonchev–Trinajstić information content (AvgIpc) is 2.28. The van der Waals surface area contributed by atoms with Crippen LogP contribution in [0.25, 0.3) is 10.9 Å². The third-order valence-corrected chi connectivity index (χ3v) is 3.32. The molecule has 0 saturated carbocycles. The molecule has 2 nitrogen and oxygen atoms in total. The number of fused-ring (bicyclic) bond motifs is 1. The number of hydrogen-bond acceptors (Lipinski definition) is 2. The first-order chi connectivity index (χ1) is 8.08. The molecule has 1 unspecified atom stereocenters. The monoisotopic (exact) mass is 248 g/mol. The van der Waals surface area contributed by atoms with E-state index in [2.05, 4.69) is 31.1 Å². The normalized spacial score (nSPS) is 13.0. The van der Waals surface area contributed by atoms with Crippen molar-refractivity contribution in [1.29, 1.82) is 0 Å². The summed E-state index contributed by atoms with van der Waals surface area (Å²) in [6.07, 6.45) is 1.81. The minimum absolute atomic E-state index is 0.427. The second-order valence-electron chi connectivity index (χ2n) is 4.70. The Kier molecular flexibility index (Phi) is 3.53. The van der Waals surface area contributed by atoms with Crippen molar-refractivity contribution in [2.75, 3.05) is 5.32 Å². The molecule has 17 heavy (non-hydrogen) atoms. The highest BCUT2D eigenvalue weighted by atomic mass is 35.5. The van der Waals surface area contributed by atoms with Gasteiger partial charge in [0.05, 0.1) is 5.52 Å². The molecule has 2 aromatic rings. The van der Waals surface area contributed by atoms with Gasteiger partial charge in [-0.15, -0.1) is 0 Å². The highest BCUT2D eigenvalue weighted by Gasteiger charge is 2.09. The van der Waals surface area contributed by atoms with Crippen molar-refractivity contribution >= 4 is 28.2 Å². The minimum Gasteiger partial charge on any atom is -0.382 e. The van der Waals surface area contributed by atoms with Crippen molar-refractivity contribution in [1.82, 2.24) is 4.98 Å². The van der Waals surface area contributed by atoms with Crippen LogP contribution in [0.2, 0.25) is 5.02 Å². The van der Waals surface area contributed by atoms with E-state index < -0.39 is 0 Å². The summed E-state index contributed by atoms with van der Waals surface area (Å²) in [6, 6.07) is 8.24. The van der Waals surface area contributed by atoms with Crippen LogP contribution in [0.3, 0.4) is 0 Å². The zero-order valence-corrected chi connectivity index (χ0v) is 11.1. The molecule has 3 heteroatoms. The van der Waals surface area contributed by atoms with Crippen LogP contribution >= 0.6 is 11.6 Å². The summed E-state index contributed by atoms with van der Waals surface area (Å²) >= 11 is 5.97. The molecular weight excluding hydrogens is 232 g/mol. The molecular formula is C14H17ClN2. The smallest absolute Gasteiger partial charge is 0.0737 e. The average molecular weight is 249 g/mol. The van der Waals surface area contributed by atoms with E-state index in [1.165, 1.54) is 0 Å². The Labute approximate surface area is 107 Å². The van der Waals surface area contributed by atoms with Gasteiger partial charge in [-0.25, -0.2) is 0 Å². The molecule has 1 N–H and O–H groups in total. The standard InChI is InChI=1S/C14H17ClN2/c1-9(2)10(3)17-13-6-7-16-14-8-11(15)4-5-12(13)14/h4-10H,1-3H3,(H,16,17). The van der Waals surface area contributed by atoms with Crippen LogP contribution in [-0.2, 0) is 0 Å². The summed E-state index contributed by atoms with van der Waals surface area (Å²) < 4.78 is 0. The number of aromatic nitrogens is 1. The Bertz CT molecular complexity index is 523. The van der Waals surface area contributed by atoms with Crippen LogP contribution in [0.4, 0.5) is 5.69 Å². The van der Waals surface area contributed by atoms with Gasteiger partial charge in [-0.1, -0.05) is 25.4 Å². The summed E-state index contributed by atoms with van der Waals surface area (Å²) in [6.45, 7) is 6.60. The summed E-state index contributed by atoms with van der Waals surface area (Å²) in [5.74, 6) is 0.588. The number of anilines is 1. The Hall–Kier alpha value is -1.28. The molecule has 0 aliphatic rings. The number of pyridine rings is 1. The van der Waals surface area contributed by atoms with Crippen LogP contribution in [0.1, 0.15) is 20.8 Å². The number of nitrogens with zero attached hydrogens (tertiary/aromatic N) is 1. The molecule has 1 aromatic heterocycles. The van der Waals surface area contributed by atoms with E-state index in [4.69, 9.17) is 11.6 Å². The number of halogens is 1. The lowest BCUT2D eigenvalue weighted by molar-refractivity contribution is 0.560. The van der Waals surface area contributed by atoms with Crippen LogP contribution in [-0.4, -0.2) is 11.0 Å². The first kappa shape index (κ1) is 12.2. The second kappa shape index (κ2) is 4.92. The molecule has 1 aromatic carbocycles. The van der Waals surface area contributed by atoms with Gasteiger partial charge in [0, 0.05) is 28.3 Å². The molecule has 90 valence electrons. The third-order valence-electron chi connectivity index (χ3n) is 3.09. The number of rotatable bonds is 3. The first-order valence-corrected chi connectivity index (χ1v) is 6.26. The van der Waals surface area contributed by atoms with Crippen molar-refractivity contribution < 1.29 is 0 Å². The molecule has 2 rings (SSSR count). The van der Waals surface area contributed by atoms with Crippen LogP contribution in [0, 0.1) is 5.92 Å². The molecule has 0 fully saturated rings. The fourth-order valence-electron chi connectivity index (χ4n) is 1.66. The minimum atomic E-state index is 0.427. The van der Waals surface area contributed by atoms with Gasteiger partial charge in [-0.05, 0) is 37.1 Å². The SMILES string of the molecule is CC(C)C(C)Nc1ccnc2cc(Cl)ccc12. The predicted octanol–water partition coefficient (Wildman–Crippen LogP) is 4.34. The molecule has 0 saturated heterocycles. The van der Waals surface area contributed by atoms with E-state index in [9.17, 15) is 0 Å². The maximum Gasteiger partial charge on any atom is 0.0737 e. The van der Waals surface area contributed by atoms with Gasteiger partial charge in [0.2, 0.25) is 0 Å². The van der Waals surface area contributed by atoms with Gasteiger partial charge in [0.15, 0.2) is 0 Å². The molecule has 1 heterocycles. The fourth-order valence-corrected chi connectivity index (χ4v) is 1.83. The highest BCUT2D eigenvalue weighted by Crippen LogP contribution is 2.25. The quantitative estimate of drug-likeness (QED) is 0.874. The zero-order valence-electron chi connectivity index (χ0n) is 10.4. The fraction of sp³-hybridized carbons (Fsp3) is 0.357. The van der Waals surface area contributed by atoms with Crippen molar-refractivity contribution in [2.45, 2.75) is 26.8 Å². The summed E-state index contributed by atoms with van der Waals surface area (Å²) in [7, 11) is 0. The van der Waals surface area contributed by atoms with E-state index in [1.807, 2.05) is 30.5 Å². The van der Waals surface area contributed by atoms with Crippen LogP contribution in [0.5, 0.6) is 0 Å². The van der Waals surface area contributed by atoms with Gasteiger partial charge in [0.25, 0.3) is 0 Å². The van der Waals surface area contributed by atoms with Crippen LogP contribution in [0.15, 0.2) is 30.5 Å².